The number of rotatable bonds is 7. The molecule has 1 heterocycles. The first-order chi connectivity index (χ1) is 15.1. The van der Waals surface area contributed by atoms with Crippen molar-refractivity contribution in [2.24, 2.45) is 0 Å². The number of carbonyl (C=O) groups is 1. The zero-order valence-corrected chi connectivity index (χ0v) is 18.8. The van der Waals surface area contributed by atoms with Gasteiger partial charge < -0.3 is 10.1 Å². The number of benzene rings is 3. The van der Waals surface area contributed by atoms with Gasteiger partial charge in [0, 0.05) is 17.4 Å². The topological polar surface area (TPSA) is 56.2 Å². The molecule has 0 saturated carbocycles. The first kappa shape index (κ1) is 21.2. The van der Waals surface area contributed by atoms with Crippen LogP contribution in [0.4, 0.5) is 5.69 Å². The molecular formula is C24H19BrClN3O2. The van der Waals surface area contributed by atoms with Crippen molar-refractivity contribution in [2.75, 3.05) is 5.32 Å². The van der Waals surface area contributed by atoms with Crippen LogP contribution in [0.25, 0.3) is 0 Å². The monoisotopic (exact) mass is 495 g/mol. The van der Waals surface area contributed by atoms with Crippen molar-refractivity contribution in [2.45, 2.75) is 13.2 Å². The van der Waals surface area contributed by atoms with Crippen molar-refractivity contribution in [3.63, 3.8) is 0 Å². The summed E-state index contributed by atoms with van der Waals surface area (Å²) in [6.45, 7) is 0.983. The number of hydrogen-bond acceptors (Lipinski definition) is 3. The lowest BCUT2D eigenvalue weighted by molar-refractivity contribution is 0.102. The Labute approximate surface area is 193 Å². The Morgan fingerprint density at radius 3 is 2.58 bits per heavy atom. The molecule has 156 valence electrons. The second-order valence-electron chi connectivity index (χ2n) is 6.93. The van der Waals surface area contributed by atoms with E-state index in [9.17, 15) is 4.79 Å². The predicted molar refractivity (Wildman–Crippen MR) is 126 cm³/mol. The van der Waals surface area contributed by atoms with Gasteiger partial charge in [-0.1, -0.05) is 48.0 Å². The zero-order chi connectivity index (χ0) is 21.6. The fraction of sp³-hybridized carbons (Fsp3) is 0.0833. The molecule has 31 heavy (non-hydrogen) atoms. The third-order valence-corrected chi connectivity index (χ3v) is 5.30. The van der Waals surface area contributed by atoms with Gasteiger partial charge in [-0.25, -0.2) is 0 Å². The number of halogens is 2. The lowest BCUT2D eigenvalue weighted by Crippen LogP contribution is -2.12. The Bertz CT molecular complexity index is 1190. The number of amides is 1. The molecule has 1 aromatic heterocycles. The van der Waals surface area contributed by atoms with Crippen LogP contribution in [0.2, 0.25) is 5.02 Å². The maximum Gasteiger partial charge on any atom is 0.255 e. The SMILES string of the molecule is O=C(Nc1ccc(Cn2cc(Br)cn2)cc1)c1cccc(COc2ccccc2Cl)c1. The molecule has 4 rings (SSSR count). The maximum atomic E-state index is 12.7. The first-order valence-corrected chi connectivity index (χ1v) is 10.8. The average molecular weight is 497 g/mol. The summed E-state index contributed by atoms with van der Waals surface area (Å²) in [6, 6.07) is 22.4. The molecule has 5 nitrogen and oxygen atoms in total. The molecule has 0 aliphatic heterocycles. The predicted octanol–water partition coefficient (Wildman–Crippen LogP) is 6.18. The Morgan fingerprint density at radius 2 is 1.84 bits per heavy atom. The van der Waals surface area contributed by atoms with Gasteiger partial charge in [0.2, 0.25) is 0 Å². The molecule has 0 saturated heterocycles. The molecule has 1 N–H and O–H groups in total. The van der Waals surface area contributed by atoms with E-state index in [1.54, 1.807) is 18.3 Å². The van der Waals surface area contributed by atoms with Crippen molar-refractivity contribution in [3.8, 4) is 5.75 Å². The number of nitrogens with one attached hydrogen (secondary N) is 1. The van der Waals surface area contributed by atoms with Gasteiger partial charge in [-0.3, -0.25) is 9.48 Å². The minimum Gasteiger partial charge on any atom is -0.487 e. The normalized spacial score (nSPS) is 10.6. The molecule has 7 heteroatoms. The van der Waals surface area contributed by atoms with Gasteiger partial charge in [0.05, 0.1) is 22.2 Å². The van der Waals surface area contributed by atoms with Gasteiger partial charge in [0.25, 0.3) is 5.91 Å². The highest BCUT2D eigenvalue weighted by Gasteiger charge is 2.08. The van der Waals surface area contributed by atoms with Crippen molar-refractivity contribution in [3.05, 3.63) is 111 Å². The third-order valence-electron chi connectivity index (χ3n) is 4.58. The van der Waals surface area contributed by atoms with Gasteiger partial charge in [0.15, 0.2) is 0 Å². The summed E-state index contributed by atoms with van der Waals surface area (Å²) < 4.78 is 8.55. The largest absolute Gasteiger partial charge is 0.487 e. The van der Waals surface area contributed by atoms with Crippen molar-refractivity contribution < 1.29 is 9.53 Å². The minimum atomic E-state index is -0.177. The van der Waals surface area contributed by atoms with E-state index in [1.807, 2.05) is 71.5 Å². The minimum absolute atomic E-state index is 0.177. The number of anilines is 1. The number of aromatic nitrogens is 2. The van der Waals surface area contributed by atoms with Crippen LogP contribution in [0.1, 0.15) is 21.5 Å². The van der Waals surface area contributed by atoms with Gasteiger partial charge in [-0.05, 0) is 63.5 Å². The number of nitrogens with zero attached hydrogens (tertiary/aromatic N) is 2. The smallest absolute Gasteiger partial charge is 0.255 e. The van der Waals surface area contributed by atoms with Crippen LogP contribution in [0, 0.1) is 0 Å². The van der Waals surface area contributed by atoms with Crippen LogP contribution < -0.4 is 10.1 Å². The summed E-state index contributed by atoms with van der Waals surface area (Å²) in [4.78, 5) is 12.7. The van der Waals surface area contributed by atoms with E-state index in [0.29, 0.717) is 29.5 Å². The molecule has 0 aliphatic carbocycles. The van der Waals surface area contributed by atoms with Crippen LogP contribution in [0.15, 0.2) is 89.7 Å². The molecule has 4 aromatic rings. The second-order valence-corrected chi connectivity index (χ2v) is 8.25. The summed E-state index contributed by atoms with van der Waals surface area (Å²) in [6.07, 6.45) is 3.67. The molecule has 0 fully saturated rings. The van der Waals surface area contributed by atoms with Gasteiger partial charge >= 0.3 is 0 Å². The fourth-order valence-corrected chi connectivity index (χ4v) is 3.55. The summed E-state index contributed by atoms with van der Waals surface area (Å²) >= 11 is 9.52. The van der Waals surface area contributed by atoms with Gasteiger partial charge in [0.1, 0.15) is 12.4 Å². The maximum absolute atomic E-state index is 12.7. The van der Waals surface area contributed by atoms with E-state index in [2.05, 4.69) is 26.3 Å². The standard InChI is InChI=1S/C24H19BrClN3O2/c25-20-13-27-29(15-20)14-17-8-10-21(11-9-17)28-24(30)19-5-3-4-18(12-19)16-31-23-7-2-1-6-22(23)26/h1-13,15H,14,16H2,(H,28,30). The highest BCUT2D eigenvalue weighted by Crippen LogP contribution is 2.24. The van der Waals surface area contributed by atoms with Crippen LogP contribution in [0.5, 0.6) is 5.75 Å². The van der Waals surface area contributed by atoms with Crippen LogP contribution >= 0.6 is 27.5 Å². The van der Waals surface area contributed by atoms with E-state index in [4.69, 9.17) is 16.3 Å². The summed E-state index contributed by atoms with van der Waals surface area (Å²) in [5.41, 5.74) is 3.26. The molecule has 3 aromatic carbocycles. The fourth-order valence-electron chi connectivity index (χ4n) is 3.03. The van der Waals surface area contributed by atoms with Gasteiger partial charge in [-0.15, -0.1) is 0 Å². The molecule has 1 amide bonds. The lowest BCUT2D eigenvalue weighted by atomic mass is 10.1. The van der Waals surface area contributed by atoms with Crippen LogP contribution in [-0.2, 0) is 13.2 Å². The van der Waals surface area contributed by atoms with Crippen molar-refractivity contribution in [1.82, 2.24) is 9.78 Å². The van der Waals surface area contributed by atoms with E-state index in [-0.39, 0.29) is 5.91 Å². The van der Waals surface area contributed by atoms with E-state index < -0.39 is 0 Å². The Balaban J connectivity index is 1.37. The quantitative estimate of drug-likeness (QED) is 0.332. The molecule has 0 aliphatic rings. The van der Waals surface area contributed by atoms with E-state index in [1.165, 1.54) is 0 Å². The molecule has 0 bridgehead atoms. The molecule has 0 unspecified atom stereocenters. The number of para-hydroxylation sites is 1. The Kier molecular flexibility index (Phi) is 6.70. The van der Waals surface area contributed by atoms with Crippen LogP contribution in [-0.4, -0.2) is 15.7 Å². The summed E-state index contributed by atoms with van der Waals surface area (Å²) in [7, 11) is 0. The zero-order valence-electron chi connectivity index (χ0n) is 16.5. The lowest BCUT2D eigenvalue weighted by Gasteiger charge is -2.10. The number of carbonyl (C=O) groups excluding carboxylic acids is 1. The number of ether oxygens (including phenoxy) is 1. The molecule has 0 atom stereocenters. The molecular weight excluding hydrogens is 478 g/mol. The third kappa shape index (κ3) is 5.75. The highest BCUT2D eigenvalue weighted by molar-refractivity contribution is 9.10. The van der Waals surface area contributed by atoms with Crippen molar-refractivity contribution >= 4 is 39.1 Å². The number of hydrogen-bond donors (Lipinski definition) is 1. The first-order valence-electron chi connectivity index (χ1n) is 9.61. The van der Waals surface area contributed by atoms with E-state index in [0.717, 1.165) is 21.3 Å². The second kappa shape index (κ2) is 9.81. The molecule has 0 spiro atoms. The summed E-state index contributed by atoms with van der Waals surface area (Å²) in [5, 5.41) is 7.74. The Morgan fingerprint density at radius 1 is 1.03 bits per heavy atom. The van der Waals surface area contributed by atoms with Crippen LogP contribution in [0.3, 0.4) is 0 Å². The Hall–Kier alpha value is -3.09. The highest BCUT2D eigenvalue weighted by atomic mass is 79.9. The van der Waals surface area contributed by atoms with Gasteiger partial charge in [-0.2, -0.15) is 5.10 Å². The van der Waals surface area contributed by atoms with E-state index >= 15 is 0 Å². The molecule has 0 radical (unpaired) electrons. The van der Waals surface area contributed by atoms with Crippen molar-refractivity contribution in [1.29, 1.82) is 0 Å². The average Bonchev–Trinajstić information content (AvgIpc) is 3.19. The summed E-state index contributed by atoms with van der Waals surface area (Å²) in [5.74, 6) is 0.435.